The van der Waals surface area contributed by atoms with E-state index in [0.717, 1.165) is 24.2 Å². The summed E-state index contributed by atoms with van der Waals surface area (Å²) in [7, 11) is 0. The highest BCUT2D eigenvalue weighted by molar-refractivity contribution is 5.94. The molecule has 136 valence electrons. The topological polar surface area (TPSA) is 46.1 Å². The molecule has 0 unspecified atom stereocenters. The minimum absolute atomic E-state index is 0.00112. The molecule has 1 saturated heterocycles. The van der Waals surface area contributed by atoms with Crippen molar-refractivity contribution in [3.05, 3.63) is 95.3 Å². The average Bonchev–Trinajstić information content (AvgIpc) is 3.20. The van der Waals surface area contributed by atoms with Crippen molar-refractivity contribution in [2.24, 2.45) is 0 Å². The minimum atomic E-state index is -0.222. The van der Waals surface area contributed by atoms with E-state index in [0.29, 0.717) is 24.1 Å². The molecule has 1 amide bonds. The van der Waals surface area contributed by atoms with Gasteiger partial charge in [0.15, 0.2) is 0 Å². The van der Waals surface area contributed by atoms with Gasteiger partial charge in [0.2, 0.25) is 0 Å². The molecular formula is C22H20FN3O. The normalized spacial score (nSPS) is 16.5. The fraction of sp³-hybridized carbons (Fsp3) is 0.227. The van der Waals surface area contributed by atoms with Crippen molar-refractivity contribution in [3.8, 4) is 0 Å². The summed E-state index contributed by atoms with van der Waals surface area (Å²) in [6, 6.07) is 16.0. The third-order valence-electron chi connectivity index (χ3n) is 4.94. The van der Waals surface area contributed by atoms with E-state index in [1.807, 2.05) is 29.2 Å². The Morgan fingerprint density at radius 3 is 2.70 bits per heavy atom. The summed E-state index contributed by atoms with van der Waals surface area (Å²) in [5.41, 5.74) is 2.93. The van der Waals surface area contributed by atoms with Crippen LogP contribution >= 0.6 is 0 Å². The second-order valence-corrected chi connectivity index (χ2v) is 6.71. The van der Waals surface area contributed by atoms with Crippen molar-refractivity contribution in [1.82, 2.24) is 14.9 Å². The lowest BCUT2D eigenvalue weighted by molar-refractivity contribution is 0.0732. The van der Waals surface area contributed by atoms with Crippen LogP contribution in [0.3, 0.4) is 0 Å². The number of pyridine rings is 2. The number of amides is 1. The van der Waals surface area contributed by atoms with Gasteiger partial charge in [0, 0.05) is 36.6 Å². The Hall–Kier alpha value is -3.08. The summed E-state index contributed by atoms with van der Waals surface area (Å²) < 4.78 is 13.9. The zero-order chi connectivity index (χ0) is 18.6. The Morgan fingerprint density at radius 2 is 1.89 bits per heavy atom. The van der Waals surface area contributed by atoms with E-state index in [1.165, 1.54) is 6.07 Å². The van der Waals surface area contributed by atoms with E-state index in [1.54, 1.807) is 36.7 Å². The van der Waals surface area contributed by atoms with Crippen molar-refractivity contribution >= 4 is 5.91 Å². The molecule has 2 aromatic heterocycles. The highest BCUT2D eigenvalue weighted by Crippen LogP contribution is 2.32. The summed E-state index contributed by atoms with van der Waals surface area (Å²) in [4.78, 5) is 23.5. The molecule has 1 aliphatic heterocycles. The third kappa shape index (κ3) is 3.72. The summed E-state index contributed by atoms with van der Waals surface area (Å²) in [5, 5.41) is 0. The molecule has 1 aromatic carbocycles. The molecule has 0 N–H and O–H groups in total. The summed E-state index contributed by atoms with van der Waals surface area (Å²) >= 11 is 0. The molecule has 0 spiro atoms. The van der Waals surface area contributed by atoms with Gasteiger partial charge < -0.3 is 4.90 Å². The van der Waals surface area contributed by atoms with Gasteiger partial charge in [0.05, 0.1) is 11.7 Å². The number of benzene rings is 1. The van der Waals surface area contributed by atoms with Gasteiger partial charge in [-0.05, 0) is 48.7 Å². The number of hydrogen-bond donors (Lipinski definition) is 0. The molecule has 1 fully saturated rings. The van der Waals surface area contributed by atoms with Gasteiger partial charge in [-0.2, -0.15) is 0 Å². The second-order valence-electron chi connectivity index (χ2n) is 6.71. The van der Waals surface area contributed by atoms with Crippen LogP contribution in [-0.4, -0.2) is 27.3 Å². The van der Waals surface area contributed by atoms with E-state index < -0.39 is 0 Å². The van der Waals surface area contributed by atoms with Crippen LogP contribution in [0.5, 0.6) is 0 Å². The van der Waals surface area contributed by atoms with Crippen molar-refractivity contribution in [2.45, 2.75) is 25.3 Å². The van der Waals surface area contributed by atoms with Gasteiger partial charge >= 0.3 is 0 Å². The Labute approximate surface area is 157 Å². The van der Waals surface area contributed by atoms with E-state index in [2.05, 4.69) is 4.98 Å². The molecule has 0 radical (unpaired) electrons. The number of rotatable bonds is 4. The molecule has 5 heteroatoms. The van der Waals surface area contributed by atoms with Crippen molar-refractivity contribution in [2.75, 3.05) is 6.54 Å². The highest BCUT2D eigenvalue weighted by Gasteiger charge is 2.31. The predicted octanol–water partition coefficient (Wildman–Crippen LogP) is 4.18. The SMILES string of the molecule is O=C(c1ccncc1)N1CCC[C@H]1c1cccc(Cc2ccccc2F)n1. The molecule has 4 rings (SSSR count). The molecule has 0 aliphatic carbocycles. The predicted molar refractivity (Wildman–Crippen MR) is 101 cm³/mol. The first-order valence-electron chi connectivity index (χ1n) is 9.12. The number of halogens is 1. The molecule has 0 bridgehead atoms. The lowest BCUT2D eigenvalue weighted by Gasteiger charge is -2.24. The van der Waals surface area contributed by atoms with Crippen molar-refractivity contribution in [1.29, 1.82) is 0 Å². The van der Waals surface area contributed by atoms with Gasteiger partial charge in [-0.25, -0.2) is 4.39 Å². The molecule has 4 nitrogen and oxygen atoms in total. The maximum Gasteiger partial charge on any atom is 0.254 e. The van der Waals surface area contributed by atoms with Crippen LogP contribution in [0, 0.1) is 5.82 Å². The Morgan fingerprint density at radius 1 is 1.07 bits per heavy atom. The Bertz CT molecular complexity index is 945. The zero-order valence-electron chi connectivity index (χ0n) is 14.9. The second kappa shape index (κ2) is 7.66. The molecule has 3 aromatic rings. The lowest BCUT2D eigenvalue weighted by atomic mass is 10.1. The maximum atomic E-state index is 13.9. The Kier molecular flexibility index (Phi) is 4.92. The maximum absolute atomic E-state index is 13.9. The minimum Gasteiger partial charge on any atom is -0.330 e. The molecule has 1 aliphatic rings. The monoisotopic (exact) mass is 361 g/mol. The number of carbonyl (C=O) groups excluding carboxylic acids is 1. The third-order valence-corrected chi connectivity index (χ3v) is 4.94. The number of likely N-dealkylation sites (tertiary alicyclic amines) is 1. The zero-order valence-corrected chi connectivity index (χ0v) is 14.9. The van der Waals surface area contributed by atoms with Gasteiger partial charge in [0.25, 0.3) is 5.91 Å². The molecule has 3 heterocycles. The van der Waals surface area contributed by atoms with Crippen molar-refractivity contribution in [3.63, 3.8) is 0 Å². The molecule has 27 heavy (non-hydrogen) atoms. The fourth-order valence-corrected chi connectivity index (χ4v) is 3.60. The number of hydrogen-bond acceptors (Lipinski definition) is 3. The number of carbonyl (C=O) groups is 1. The van der Waals surface area contributed by atoms with Crippen LogP contribution in [0.1, 0.15) is 46.2 Å². The van der Waals surface area contributed by atoms with Crippen molar-refractivity contribution < 1.29 is 9.18 Å². The average molecular weight is 361 g/mol. The highest BCUT2D eigenvalue weighted by atomic mass is 19.1. The first-order valence-corrected chi connectivity index (χ1v) is 9.12. The molecule has 0 saturated carbocycles. The Balaban J connectivity index is 1.57. The van der Waals surface area contributed by atoms with Crippen LogP contribution in [0.2, 0.25) is 0 Å². The first-order chi connectivity index (χ1) is 13.2. The van der Waals surface area contributed by atoms with E-state index in [4.69, 9.17) is 4.98 Å². The molecular weight excluding hydrogens is 341 g/mol. The van der Waals surface area contributed by atoms with E-state index in [9.17, 15) is 9.18 Å². The molecule has 1 atom stereocenters. The van der Waals surface area contributed by atoms with Crippen LogP contribution in [0.4, 0.5) is 4.39 Å². The number of nitrogens with zero attached hydrogens (tertiary/aromatic N) is 3. The van der Waals surface area contributed by atoms with Gasteiger partial charge in [-0.1, -0.05) is 24.3 Å². The largest absolute Gasteiger partial charge is 0.330 e. The summed E-state index contributed by atoms with van der Waals surface area (Å²) in [5.74, 6) is -0.221. The smallest absolute Gasteiger partial charge is 0.254 e. The van der Waals surface area contributed by atoms with Crippen LogP contribution < -0.4 is 0 Å². The summed E-state index contributed by atoms with van der Waals surface area (Å²) in [6.07, 6.45) is 5.52. The van der Waals surface area contributed by atoms with E-state index >= 15 is 0 Å². The van der Waals surface area contributed by atoms with E-state index in [-0.39, 0.29) is 17.8 Å². The van der Waals surface area contributed by atoms with Crippen LogP contribution in [0.25, 0.3) is 0 Å². The van der Waals surface area contributed by atoms with Gasteiger partial charge in [-0.15, -0.1) is 0 Å². The van der Waals surface area contributed by atoms with Gasteiger partial charge in [-0.3, -0.25) is 14.8 Å². The van der Waals surface area contributed by atoms with Crippen LogP contribution in [-0.2, 0) is 6.42 Å². The fourth-order valence-electron chi connectivity index (χ4n) is 3.60. The summed E-state index contributed by atoms with van der Waals surface area (Å²) in [6.45, 7) is 0.713. The van der Waals surface area contributed by atoms with Crippen LogP contribution in [0.15, 0.2) is 67.0 Å². The lowest BCUT2D eigenvalue weighted by Crippen LogP contribution is -2.31. The number of aromatic nitrogens is 2. The first kappa shape index (κ1) is 17.3. The standard InChI is InChI=1S/C22H20FN3O/c23-19-7-2-1-5-17(19)15-18-6-3-8-20(25-18)21-9-4-14-26(21)22(27)16-10-12-24-13-11-16/h1-3,5-8,10-13,21H,4,9,14-15H2/t21-/m0/s1. The van der Waals surface area contributed by atoms with Gasteiger partial charge in [0.1, 0.15) is 5.82 Å². The quantitative estimate of drug-likeness (QED) is 0.700.